The predicted octanol–water partition coefficient (Wildman–Crippen LogP) is 3.21. The van der Waals surface area contributed by atoms with E-state index in [0.29, 0.717) is 17.9 Å². The number of rotatable bonds is 4. The lowest BCUT2D eigenvalue weighted by molar-refractivity contribution is -0.0797. The van der Waals surface area contributed by atoms with Crippen LogP contribution < -0.4 is 5.32 Å². The van der Waals surface area contributed by atoms with Crippen molar-refractivity contribution < 1.29 is 4.74 Å². The Morgan fingerprint density at radius 1 is 1.25 bits per heavy atom. The van der Waals surface area contributed by atoms with Gasteiger partial charge in [-0.3, -0.25) is 0 Å². The molecular weight excluding hydrogens is 198 g/mol. The first-order chi connectivity index (χ1) is 7.18. The van der Waals surface area contributed by atoms with Gasteiger partial charge >= 0.3 is 0 Å². The molecule has 0 saturated carbocycles. The summed E-state index contributed by atoms with van der Waals surface area (Å²) in [4.78, 5) is 0. The summed E-state index contributed by atoms with van der Waals surface area (Å²) in [6, 6.07) is 0.592. The second-order valence-corrected chi connectivity index (χ2v) is 6.68. The number of hydrogen-bond donors (Lipinski definition) is 1. The third-order valence-electron chi connectivity index (χ3n) is 4.05. The molecule has 1 saturated heterocycles. The summed E-state index contributed by atoms with van der Waals surface area (Å²) in [5.41, 5.74) is 0.0711. The van der Waals surface area contributed by atoms with Crippen molar-refractivity contribution in [1.29, 1.82) is 0 Å². The molecule has 0 radical (unpaired) electrons. The van der Waals surface area contributed by atoms with Crippen molar-refractivity contribution in [2.75, 3.05) is 7.05 Å². The molecule has 1 aliphatic heterocycles. The molecule has 0 spiro atoms. The minimum absolute atomic E-state index is 0.0242. The fourth-order valence-corrected chi connectivity index (χ4v) is 3.33. The Kier molecular flexibility index (Phi) is 4.07. The minimum atomic E-state index is 0.0242. The molecule has 1 N–H and O–H groups in total. The molecule has 16 heavy (non-hydrogen) atoms. The quantitative estimate of drug-likeness (QED) is 0.796. The van der Waals surface area contributed by atoms with Crippen molar-refractivity contribution in [2.45, 2.75) is 71.6 Å². The van der Waals surface area contributed by atoms with Crippen LogP contribution in [0.15, 0.2) is 0 Å². The van der Waals surface area contributed by atoms with Crippen LogP contribution in [0.5, 0.6) is 0 Å². The Labute approximate surface area is 101 Å². The van der Waals surface area contributed by atoms with E-state index in [9.17, 15) is 0 Å². The van der Waals surface area contributed by atoms with Crippen LogP contribution in [-0.4, -0.2) is 24.3 Å². The van der Waals surface area contributed by atoms with E-state index in [0.717, 1.165) is 0 Å². The summed E-state index contributed by atoms with van der Waals surface area (Å²) in [6.45, 7) is 13.5. The second kappa shape index (κ2) is 4.66. The number of hydrogen-bond acceptors (Lipinski definition) is 2. The largest absolute Gasteiger partial charge is 0.369 e. The molecule has 0 amide bonds. The summed E-state index contributed by atoms with van der Waals surface area (Å²) in [6.07, 6.45) is 2.40. The molecule has 1 rings (SSSR count). The first-order valence-corrected chi connectivity index (χ1v) is 6.55. The van der Waals surface area contributed by atoms with E-state index in [4.69, 9.17) is 4.74 Å². The summed E-state index contributed by atoms with van der Waals surface area (Å²) in [7, 11) is 2.04. The molecule has 0 aromatic carbocycles. The SMILES string of the molecule is CNC(C)CC(C)C1CC(C)(C)OC1(C)C. The van der Waals surface area contributed by atoms with Gasteiger partial charge in [0.25, 0.3) is 0 Å². The van der Waals surface area contributed by atoms with Crippen LogP contribution in [0.3, 0.4) is 0 Å². The zero-order valence-corrected chi connectivity index (χ0v) is 12.1. The third-order valence-corrected chi connectivity index (χ3v) is 4.05. The van der Waals surface area contributed by atoms with Gasteiger partial charge in [0.1, 0.15) is 0 Å². The molecular formula is C14H29NO. The monoisotopic (exact) mass is 227 g/mol. The highest BCUT2D eigenvalue weighted by molar-refractivity contribution is 4.96. The molecule has 3 unspecified atom stereocenters. The van der Waals surface area contributed by atoms with Gasteiger partial charge < -0.3 is 10.1 Å². The van der Waals surface area contributed by atoms with Crippen molar-refractivity contribution in [1.82, 2.24) is 5.32 Å². The fourth-order valence-electron chi connectivity index (χ4n) is 3.33. The van der Waals surface area contributed by atoms with Crippen molar-refractivity contribution in [3.05, 3.63) is 0 Å². The number of ether oxygens (including phenoxy) is 1. The Morgan fingerprint density at radius 3 is 2.19 bits per heavy atom. The van der Waals surface area contributed by atoms with E-state index >= 15 is 0 Å². The highest BCUT2D eigenvalue weighted by atomic mass is 16.5. The molecule has 96 valence electrons. The minimum Gasteiger partial charge on any atom is -0.369 e. The van der Waals surface area contributed by atoms with Gasteiger partial charge in [0.15, 0.2) is 0 Å². The summed E-state index contributed by atoms with van der Waals surface area (Å²) >= 11 is 0. The van der Waals surface area contributed by atoms with Crippen LogP contribution in [0, 0.1) is 11.8 Å². The Balaban J connectivity index is 2.65. The molecule has 0 aliphatic carbocycles. The maximum atomic E-state index is 6.16. The first-order valence-electron chi connectivity index (χ1n) is 6.55. The van der Waals surface area contributed by atoms with Crippen LogP contribution in [0.4, 0.5) is 0 Å². The van der Waals surface area contributed by atoms with E-state index in [1.54, 1.807) is 0 Å². The van der Waals surface area contributed by atoms with Gasteiger partial charge in [-0.15, -0.1) is 0 Å². The van der Waals surface area contributed by atoms with Crippen molar-refractivity contribution in [3.63, 3.8) is 0 Å². The molecule has 1 aliphatic rings. The van der Waals surface area contributed by atoms with Crippen molar-refractivity contribution >= 4 is 0 Å². The van der Waals surface area contributed by atoms with Crippen LogP contribution in [-0.2, 0) is 4.74 Å². The average molecular weight is 227 g/mol. The van der Waals surface area contributed by atoms with Crippen LogP contribution in [0.25, 0.3) is 0 Å². The van der Waals surface area contributed by atoms with E-state index in [1.165, 1.54) is 12.8 Å². The van der Waals surface area contributed by atoms with E-state index in [2.05, 4.69) is 46.9 Å². The predicted molar refractivity (Wildman–Crippen MR) is 69.7 cm³/mol. The van der Waals surface area contributed by atoms with Crippen LogP contribution in [0.2, 0.25) is 0 Å². The van der Waals surface area contributed by atoms with Crippen molar-refractivity contribution in [2.24, 2.45) is 11.8 Å². The summed E-state index contributed by atoms with van der Waals surface area (Å²) in [5.74, 6) is 1.37. The van der Waals surface area contributed by atoms with Crippen LogP contribution in [0.1, 0.15) is 54.4 Å². The molecule has 0 bridgehead atoms. The van der Waals surface area contributed by atoms with Gasteiger partial charge in [0.2, 0.25) is 0 Å². The van der Waals surface area contributed by atoms with Gasteiger partial charge in [-0.25, -0.2) is 0 Å². The molecule has 1 heterocycles. The lowest BCUT2D eigenvalue weighted by atomic mass is 9.76. The topological polar surface area (TPSA) is 21.3 Å². The summed E-state index contributed by atoms with van der Waals surface area (Å²) < 4.78 is 6.16. The third kappa shape index (κ3) is 3.21. The van der Waals surface area contributed by atoms with Gasteiger partial charge in [-0.1, -0.05) is 6.92 Å². The second-order valence-electron chi connectivity index (χ2n) is 6.68. The normalized spacial score (nSPS) is 31.3. The standard InChI is InChI=1S/C14H29NO/c1-10(8-11(2)15-7)12-9-13(3,4)16-14(12,5)6/h10-12,15H,8-9H2,1-7H3. The van der Waals surface area contributed by atoms with Gasteiger partial charge in [0, 0.05) is 6.04 Å². The zero-order valence-electron chi connectivity index (χ0n) is 12.1. The molecule has 0 aromatic rings. The Morgan fingerprint density at radius 2 is 1.81 bits per heavy atom. The lowest BCUT2D eigenvalue weighted by Crippen LogP contribution is -2.35. The van der Waals surface area contributed by atoms with Crippen molar-refractivity contribution in [3.8, 4) is 0 Å². The first kappa shape index (κ1) is 14.0. The lowest BCUT2D eigenvalue weighted by Gasteiger charge is -2.32. The summed E-state index contributed by atoms with van der Waals surface area (Å²) in [5, 5.41) is 3.33. The molecule has 1 fully saturated rings. The molecule has 0 aromatic heterocycles. The maximum absolute atomic E-state index is 6.16. The number of nitrogens with one attached hydrogen (secondary N) is 1. The smallest absolute Gasteiger partial charge is 0.0665 e. The van der Waals surface area contributed by atoms with Gasteiger partial charge in [-0.2, -0.15) is 0 Å². The average Bonchev–Trinajstić information content (AvgIpc) is 2.34. The zero-order chi connectivity index (χ0) is 12.6. The highest BCUT2D eigenvalue weighted by Gasteiger charge is 2.47. The van der Waals surface area contributed by atoms with Gasteiger partial charge in [0.05, 0.1) is 11.2 Å². The maximum Gasteiger partial charge on any atom is 0.0665 e. The van der Waals surface area contributed by atoms with E-state index in [-0.39, 0.29) is 11.2 Å². The fraction of sp³-hybridized carbons (Fsp3) is 1.00. The molecule has 3 atom stereocenters. The van der Waals surface area contributed by atoms with E-state index in [1.807, 2.05) is 7.05 Å². The van der Waals surface area contributed by atoms with Crippen LogP contribution >= 0.6 is 0 Å². The Bertz CT molecular complexity index is 235. The van der Waals surface area contributed by atoms with Gasteiger partial charge in [-0.05, 0) is 66.3 Å². The highest BCUT2D eigenvalue weighted by Crippen LogP contribution is 2.46. The Hall–Kier alpha value is -0.0800. The molecule has 2 heteroatoms. The molecule has 2 nitrogen and oxygen atoms in total. The van der Waals surface area contributed by atoms with E-state index < -0.39 is 0 Å².